The lowest BCUT2D eigenvalue weighted by Gasteiger charge is -2.17. The number of fused-ring (bicyclic) bond motifs is 1. The number of rotatable bonds is 6. The van der Waals surface area contributed by atoms with Crippen LogP contribution >= 0.6 is 0 Å². The molecule has 0 amide bonds. The summed E-state index contributed by atoms with van der Waals surface area (Å²) >= 11 is 0. The highest BCUT2D eigenvalue weighted by Crippen LogP contribution is 2.29. The van der Waals surface area contributed by atoms with E-state index in [9.17, 15) is 9.59 Å². The van der Waals surface area contributed by atoms with E-state index in [0.717, 1.165) is 22.9 Å². The van der Waals surface area contributed by atoms with Gasteiger partial charge in [0.25, 0.3) is 0 Å². The Bertz CT molecular complexity index is 991. The molecular formula is C22H22O5. The first-order chi connectivity index (χ1) is 13.0. The Labute approximate surface area is 157 Å². The molecule has 1 aromatic heterocycles. The molecule has 2 unspecified atom stereocenters. The maximum Gasteiger partial charge on any atom is 0.347 e. The van der Waals surface area contributed by atoms with Gasteiger partial charge in [0, 0.05) is 17.5 Å². The summed E-state index contributed by atoms with van der Waals surface area (Å²) in [5.74, 6) is 0.00778. The van der Waals surface area contributed by atoms with Gasteiger partial charge in [0.1, 0.15) is 11.3 Å². The topological polar surface area (TPSA) is 65.7 Å². The van der Waals surface area contributed by atoms with Crippen molar-refractivity contribution in [1.29, 1.82) is 0 Å². The van der Waals surface area contributed by atoms with Gasteiger partial charge in [-0.25, -0.2) is 9.59 Å². The fourth-order valence-electron chi connectivity index (χ4n) is 2.70. The molecule has 5 nitrogen and oxygen atoms in total. The molecule has 0 aliphatic rings. The molecule has 0 bridgehead atoms. The minimum atomic E-state index is -0.763. The van der Waals surface area contributed by atoms with Gasteiger partial charge in [-0.05, 0) is 43.5 Å². The minimum Gasteiger partial charge on any atom is -0.479 e. The molecule has 1 heterocycles. The zero-order valence-electron chi connectivity index (χ0n) is 15.6. The normalized spacial score (nSPS) is 13.1. The van der Waals surface area contributed by atoms with Gasteiger partial charge in [-0.15, -0.1) is 0 Å². The van der Waals surface area contributed by atoms with E-state index in [1.54, 1.807) is 19.1 Å². The third-order valence-electron chi connectivity index (χ3n) is 4.34. The number of carbonyl (C=O) groups is 1. The van der Waals surface area contributed by atoms with Crippen LogP contribution in [0.1, 0.15) is 27.2 Å². The van der Waals surface area contributed by atoms with Gasteiger partial charge in [0.2, 0.25) is 0 Å². The molecule has 2 aromatic carbocycles. The van der Waals surface area contributed by atoms with E-state index >= 15 is 0 Å². The third kappa shape index (κ3) is 4.37. The Morgan fingerprint density at radius 3 is 2.52 bits per heavy atom. The van der Waals surface area contributed by atoms with Gasteiger partial charge in [-0.2, -0.15) is 0 Å². The van der Waals surface area contributed by atoms with Crippen LogP contribution in [0, 0.1) is 0 Å². The molecule has 140 valence electrons. The maximum absolute atomic E-state index is 12.1. The third-order valence-corrected chi connectivity index (χ3v) is 4.34. The molecule has 2 atom stereocenters. The predicted octanol–water partition coefficient (Wildman–Crippen LogP) is 4.57. The molecular weight excluding hydrogens is 344 g/mol. The number of esters is 1. The zero-order valence-corrected chi connectivity index (χ0v) is 15.6. The van der Waals surface area contributed by atoms with Crippen LogP contribution in [0.25, 0.3) is 22.1 Å². The Kier molecular flexibility index (Phi) is 5.60. The second-order valence-electron chi connectivity index (χ2n) is 6.42. The van der Waals surface area contributed by atoms with Crippen molar-refractivity contribution >= 4 is 16.9 Å². The lowest BCUT2D eigenvalue weighted by Crippen LogP contribution is -2.29. The number of hydrogen-bond acceptors (Lipinski definition) is 5. The average molecular weight is 366 g/mol. The summed E-state index contributed by atoms with van der Waals surface area (Å²) in [6, 6.07) is 16.3. The predicted molar refractivity (Wildman–Crippen MR) is 104 cm³/mol. The van der Waals surface area contributed by atoms with Crippen LogP contribution in [0.5, 0.6) is 5.75 Å². The van der Waals surface area contributed by atoms with E-state index in [1.165, 1.54) is 6.07 Å². The SMILES string of the molecule is CCC(C)OC(=O)C(C)Oc1ccc2c(-c3ccccc3)cc(=O)oc2c1. The Morgan fingerprint density at radius 1 is 1.07 bits per heavy atom. The molecule has 3 rings (SSSR count). The molecule has 0 saturated heterocycles. The maximum atomic E-state index is 12.1. The molecule has 27 heavy (non-hydrogen) atoms. The van der Waals surface area contributed by atoms with Crippen molar-refractivity contribution < 1.29 is 18.7 Å². The van der Waals surface area contributed by atoms with Gasteiger partial charge in [-0.1, -0.05) is 37.3 Å². The summed E-state index contributed by atoms with van der Waals surface area (Å²) in [5, 5.41) is 0.794. The standard InChI is InChI=1S/C22H22O5/c1-4-14(2)25-22(24)15(3)26-17-10-11-18-19(16-8-6-5-7-9-16)13-21(23)27-20(18)12-17/h5-15H,4H2,1-3H3. The van der Waals surface area contributed by atoms with Crippen LogP contribution < -0.4 is 10.4 Å². The monoisotopic (exact) mass is 366 g/mol. The molecule has 0 N–H and O–H groups in total. The van der Waals surface area contributed by atoms with Gasteiger partial charge in [0.05, 0.1) is 6.10 Å². The highest BCUT2D eigenvalue weighted by Gasteiger charge is 2.19. The summed E-state index contributed by atoms with van der Waals surface area (Å²) < 4.78 is 16.3. The summed E-state index contributed by atoms with van der Waals surface area (Å²) in [6.07, 6.45) is -0.186. The van der Waals surface area contributed by atoms with E-state index < -0.39 is 17.7 Å². The van der Waals surface area contributed by atoms with Crippen LogP contribution in [-0.4, -0.2) is 18.2 Å². The van der Waals surface area contributed by atoms with Gasteiger partial charge in [0.15, 0.2) is 6.10 Å². The lowest BCUT2D eigenvalue weighted by atomic mass is 10.0. The van der Waals surface area contributed by atoms with Crippen LogP contribution in [0.4, 0.5) is 0 Å². The fourth-order valence-corrected chi connectivity index (χ4v) is 2.70. The minimum absolute atomic E-state index is 0.161. The number of hydrogen-bond donors (Lipinski definition) is 0. The Morgan fingerprint density at radius 2 is 1.81 bits per heavy atom. The van der Waals surface area contributed by atoms with Gasteiger partial charge < -0.3 is 13.9 Å². The van der Waals surface area contributed by atoms with Crippen LogP contribution in [0.2, 0.25) is 0 Å². The molecule has 5 heteroatoms. The van der Waals surface area contributed by atoms with Crippen molar-refractivity contribution in [3.8, 4) is 16.9 Å². The van der Waals surface area contributed by atoms with Crippen molar-refractivity contribution in [2.45, 2.75) is 39.4 Å². The number of carbonyl (C=O) groups excluding carboxylic acids is 1. The fraction of sp³-hybridized carbons (Fsp3) is 0.273. The van der Waals surface area contributed by atoms with Crippen LogP contribution in [0.15, 0.2) is 63.8 Å². The first-order valence-electron chi connectivity index (χ1n) is 8.98. The molecule has 0 aliphatic heterocycles. The lowest BCUT2D eigenvalue weighted by molar-refractivity contribution is -0.155. The van der Waals surface area contributed by atoms with E-state index in [4.69, 9.17) is 13.9 Å². The van der Waals surface area contributed by atoms with E-state index in [-0.39, 0.29) is 6.10 Å². The van der Waals surface area contributed by atoms with Crippen molar-refractivity contribution in [3.05, 3.63) is 65.0 Å². The number of ether oxygens (including phenoxy) is 2. The Hall–Kier alpha value is -3.08. The summed E-state index contributed by atoms with van der Waals surface area (Å²) in [5.41, 5.74) is 1.68. The number of benzene rings is 2. The quantitative estimate of drug-likeness (QED) is 0.472. The highest BCUT2D eigenvalue weighted by atomic mass is 16.6. The Balaban J connectivity index is 1.90. The van der Waals surface area contributed by atoms with Crippen molar-refractivity contribution in [1.82, 2.24) is 0 Å². The molecule has 0 saturated carbocycles. The van der Waals surface area contributed by atoms with Crippen LogP contribution in [0.3, 0.4) is 0 Å². The van der Waals surface area contributed by atoms with Crippen molar-refractivity contribution in [2.75, 3.05) is 0 Å². The molecule has 0 aliphatic carbocycles. The summed E-state index contributed by atoms with van der Waals surface area (Å²) in [6.45, 7) is 5.41. The smallest absolute Gasteiger partial charge is 0.347 e. The molecule has 3 aromatic rings. The second-order valence-corrected chi connectivity index (χ2v) is 6.42. The van der Waals surface area contributed by atoms with Crippen molar-refractivity contribution in [2.24, 2.45) is 0 Å². The average Bonchev–Trinajstić information content (AvgIpc) is 2.67. The van der Waals surface area contributed by atoms with Gasteiger partial charge in [-0.3, -0.25) is 0 Å². The second kappa shape index (κ2) is 8.08. The van der Waals surface area contributed by atoms with Crippen molar-refractivity contribution in [3.63, 3.8) is 0 Å². The van der Waals surface area contributed by atoms with Gasteiger partial charge >= 0.3 is 11.6 Å². The summed E-state index contributed by atoms with van der Waals surface area (Å²) in [7, 11) is 0. The largest absolute Gasteiger partial charge is 0.479 e. The molecule has 0 fully saturated rings. The molecule has 0 spiro atoms. The van der Waals surface area contributed by atoms with E-state index in [1.807, 2.05) is 50.2 Å². The summed E-state index contributed by atoms with van der Waals surface area (Å²) in [4.78, 5) is 24.0. The van der Waals surface area contributed by atoms with E-state index in [0.29, 0.717) is 11.3 Å². The highest BCUT2D eigenvalue weighted by molar-refractivity contribution is 5.93. The van der Waals surface area contributed by atoms with Crippen LogP contribution in [-0.2, 0) is 9.53 Å². The van der Waals surface area contributed by atoms with E-state index in [2.05, 4.69) is 0 Å². The first kappa shape index (κ1) is 18.7. The zero-order chi connectivity index (χ0) is 19.4. The molecule has 0 radical (unpaired) electrons. The first-order valence-corrected chi connectivity index (χ1v) is 8.98.